The van der Waals surface area contributed by atoms with Gasteiger partial charge < -0.3 is 15.8 Å². The molecule has 4 heteroatoms. The van der Waals surface area contributed by atoms with Crippen molar-refractivity contribution in [1.82, 2.24) is 5.32 Å². The number of nitrogens with one attached hydrogen (secondary N) is 1. The van der Waals surface area contributed by atoms with Crippen LogP contribution in [0, 0.1) is 0 Å². The maximum absolute atomic E-state index is 11.4. The van der Waals surface area contributed by atoms with Crippen LogP contribution >= 0.6 is 0 Å². The summed E-state index contributed by atoms with van der Waals surface area (Å²) in [6, 6.07) is 0.215. The zero-order chi connectivity index (χ0) is 13.0. The summed E-state index contributed by atoms with van der Waals surface area (Å²) in [6.45, 7) is 12.3. The zero-order valence-electron chi connectivity index (χ0n) is 11.4. The Balaban J connectivity index is 4.29. The van der Waals surface area contributed by atoms with Gasteiger partial charge in [0.25, 0.3) is 0 Å². The van der Waals surface area contributed by atoms with E-state index in [1.54, 1.807) is 0 Å². The minimum atomic E-state index is -0.695. The third kappa shape index (κ3) is 6.08. The highest BCUT2D eigenvalue weighted by atomic mass is 16.5. The number of carbonyl (C=O) groups is 1. The second-order valence-corrected chi connectivity index (χ2v) is 5.71. The molecule has 0 radical (unpaired) electrons. The molecule has 4 nitrogen and oxygen atoms in total. The number of rotatable bonds is 6. The Morgan fingerprint density at radius 2 is 1.81 bits per heavy atom. The van der Waals surface area contributed by atoms with Crippen LogP contribution in [0.1, 0.15) is 48.0 Å². The van der Waals surface area contributed by atoms with E-state index in [1.165, 1.54) is 0 Å². The zero-order valence-corrected chi connectivity index (χ0v) is 11.4. The molecule has 1 amide bonds. The van der Waals surface area contributed by atoms with Gasteiger partial charge >= 0.3 is 0 Å². The molecule has 3 N–H and O–H groups in total. The number of hydrogen-bond donors (Lipinski definition) is 2. The predicted molar refractivity (Wildman–Crippen MR) is 66.2 cm³/mol. The van der Waals surface area contributed by atoms with Crippen molar-refractivity contribution in [3.05, 3.63) is 0 Å². The summed E-state index contributed by atoms with van der Waals surface area (Å²) in [5.74, 6) is -0.335. The Hall–Kier alpha value is -0.610. The van der Waals surface area contributed by atoms with Gasteiger partial charge in [0.1, 0.15) is 0 Å². The number of carbonyl (C=O) groups excluding carboxylic acids is 1. The van der Waals surface area contributed by atoms with Gasteiger partial charge in [0.2, 0.25) is 5.91 Å². The maximum atomic E-state index is 11.4. The molecule has 96 valence electrons. The van der Waals surface area contributed by atoms with Crippen molar-refractivity contribution in [2.75, 3.05) is 6.61 Å². The standard InChI is InChI=1S/C12H26N2O2/c1-9(2)14-12(6,10(13)15)7-8-16-11(3,4)5/h9,14H,7-8H2,1-6H3,(H2,13,15). The lowest BCUT2D eigenvalue weighted by Crippen LogP contribution is -2.56. The molecule has 1 atom stereocenters. The highest BCUT2D eigenvalue weighted by Crippen LogP contribution is 2.14. The van der Waals surface area contributed by atoms with E-state index >= 15 is 0 Å². The molecule has 0 rings (SSSR count). The van der Waals surface area contributed by atoms with Crippen LogP contribution in [0.3, 0.4) is 0 Å². The van der Waals surface area contributed by atoms with Crippen molar-refractivity contribution in [1.29, 1.82) is 0 Å². The minimum absolute atomic E-state index is 0.184. The largest absolute Gasteiger partial charge is 0.376 e. The molecule has 16 heavy (non-hydrogen) atoms. The summed E-state index contributed by atoms with van der Waals surface area (Å²) in [7, 11) is 0. The number of ether oxygens (including phenoxy) is 1. The Bertz CT molecular complexity index is 234. The smallest absolute Gasteiger partial charge is 0.237 e. The van der Waals surface area contributed by atoms with Crippen LogP contribution in [-0.2, 0) is 9.53 Å². The van der Waals surface area contributed by atoms with Gasteiger partial charge in [-0.15, -0.1) is 0 Å². The van der Waals surface area contributed by atoms with Crippen LogP contribution < -0.4 is 11.1 Å². The molecule has 0 bridgehead atoms. The van der Waals surface area contributed by atoms with Gasteiger partial charge in [-0.2, -0.15) is 0 Å². The highest BCUT2D eigenvalue weighted by molar-refractivity contribution is 5.84. The molecular weight excluding hydrogens is 204 g/mol. The Kier molecular flexibility index (Phi) is 5.42. The molecule has 0 aliphatic heterocycles. The third-order valence-corrected chi connectivity index (χ3v) is 2.29. The lowest BCUT2D eigenvalue weighted by Gasteiger charge is -2.31. The van der Waals surface area contributed by atoms with Crippen LogP contribution in [0.15, 0.2) is 0 Å². The van der Waals surface area contributed by atoms with Gasteiger partial charge in [0.05, 0.1) is 11.1 Å². The van der Waals surface area contributed by atoms with Crippen LogP contribution in [0.5, 0.6) is 0 Å². The molecule has 0 spiro atoms. The third-order valence-electron chi connectivity index (χ3n) is 2.29. The first kappa shape index (κ1) is 15.4. The summed E-state index contributed by atoms with van der Waals surface area (Å²) in [6.07, 6.45) is 0.581. The van der Waals surface area contributed by atoms with Crippen LogP contribution in [0.4, 0.5) is 0 Å². The summed E-state index contributed by atoms with van der Waals surface area (Å²) in [5, 5.41) is 3.19. The molecule has 0 aromatic carbocycles. The van der Waals surface area contributed by atoms with Gasteiger partial charge in [-0.05, 0) is 48.0 Å². The minimum Gasteiger partial charge on any atom is -0.376 e. The van der Waals surface area contributed by atoms with Crippen LogP contribution in [0.2, 0.25) is 0 Å². The number of amides is 1. The first-order chi connectivity index (χ1) is 7.07. The van der Waals surface area contributed by atoms with E-state index in [4.69, 9.17) is 10.5 Å². The molecule has 0 fully saturated rings. The van der Waals surface area contributed by atoms with E-state index in [9.17, 15) is 4.79 Å². The molecule has 0 aromatic heterocycles. The lowest BCUT2D eigenvalue weighted by atomic mass is 9.96. The van der Waals surface area contributed by atoms with Gasteiger partial charge in [0.15, 0.2) is 0 Å². The molecule has 0 saturated carbocycles. The van der Waals surface area contributed by atoms with Crippen molar-refractivity contribution in [2.45, 2.75) is 65.1 Å². The first-order valence-electron chi connectivity index (χ1n) is 5.78. The van der Waals surface area contributed by atoms with Crippen molar-refractivity contribution in [3.8, 4) is 0 Å². The molecule has 0 aliphatic rings. The van der Waals surface area contributed by atoms with E-state index in [1.807, 2.05) is 41.5 Å². The number of primary amides is 1. The van der Waals surface area contributed by atoms with Gasteiger partial charge in [-0.25, -0.2) is 0 Å². The summed E-state index contributed by atoms with van der Waals surface area (Å²) < 4.78 is 5.61. The summed E-state index contributed by atoms with van der Waals surface area (Å²) in [5.41, 5.74) is 4.53. The van der Waals surface area contributed by atoms with Crippen molar-refractivity contribution in [2.24, 2.45) is 5.73 Å². The first-order valence-corrected chi connectivity index (χ1v) is 5.78. The van der Waals surface area contributed by atoms with Crippen molar-refractivity contribution < 1.29 is 9.53 Å². The normalized spacial score (nSPS) is 16.2. The van der Waals surface area contributed by atoms with Crippen LogP contribution in [0.25, 0.3) is 0 Å². The van der Waals surface area contributed by atoms with Gasteiger partial charge in [-0.1, -0.05) is 0 Å². The van der Waals surface area contributed by atoms with E-state index in [0.29, 0.717) is 13.0 Å². The van der Waals surface area contributed by atoms with E-state index < -0.39 is 5.54 Å². The van der Waals surface area contributed by atoms with Crippen molar-refractivity contribution >= 4 is 5.91 Å². The molecular formula is C12H26N2O2. The van der Waals surface area contributed by atoms with E-state index in [0.717, 1.165) is 0 Å². The Morgan fingerprint density at radius 3 is 2.12 bits per heavy atom. The van der Waals surface area contributed by atoms with Gasteiger partial charge in [-0.3, -0.25) is 4.79 Å². The molecule has 0 aliphatic carbocycles. The highest BCUT2D eigenvalue weighted by Gasteiger charge is 2.31. The van der Waals surface area contributed by atoms with Crippen molar-refractivity contribution in [3.63, 3.8) is 0 Å². The number of hydrogen-bond acceptors (Lipinski definition) is 3. The average Bonchev–Trinajstić information content (AvgIpc) is 1.99. The monoisotopic (exact) mass is 230 g/mol. The molecule has 0 saturated heterocycles. The average molecular weight is 230 g/mol. The fourth-order valence-corrected chi connectivity index (χ4v) is 1.46. The molecule has 0 heterocycles. The SMILES string of the molecule is CC(C)NC(C)(CCOC(C)(C)C)C(N)=O. The second kappa shape index (κ2) is 5.64. The Morgan fingerprint density at radius 1 is 1.31 bits per heavy atom. The van der Waals surface area contributed by atoms with E-state index in [-0.39, 0.29) is 17.6 Å². The van der Waals surface area contributed by atoms with Gasteiger partial charge in [0, 0.05) is 12.6 Å². The van der Waals surface area contributed by atoms with E-state index in [2.05, 4.69) is 5.32 Å². The lowest BCUT2D eigenvalue weighted by molar-refractivity contribution is -0.125. The fraction of sp³-hybridized carbons (Fsp3) is 0.917. The maximum Gasteiger partial charge on any atom is 0.237 e. The summed E-state index contributed by atoms with van der Waals surface area (Å²) >= 11 is 0. The Labute approximate surface area is 98.9 Å². The van der Waals surface area contributed by atoms with Crippen LogP contribution in [-0.4, -0.2) is 29.7 Å². The topological polar surface area (TPSA) is 64.3 Å². The fourth-order valence-electron chi connectivity index (χ4n) is 1.46. The predicted octanol–water partition coefficient (Wildman–Crippen LogP) is 1.43. The quantitative estimate of drug-likeness (QED) is 0.725. The summed E-state index contributed by atoms with van der Waals surface area (Å²) in [4.78, 5) is 11.4. The molecule has 1 unspecified atom stereocenters. The second-order valence-electron chi connectivity index (χ2n) is 5.71. The number of nitrogens with two attached hydrogens (primary N) is 1. The molecule has 0 aromatic rings.